The molecule has 0 radical (unpaired) electrons. The second-order valence-corrected chi connectivity index (χ2v) is 8.32. The van der Waals surface area contributed by atoms with Crippen LogP contribution in [0.1, 0.15) is 34.6 Å². The predicted octanol–water partition coefficient (Wildman–Crippen LogP) is 2.94. The molecule has 1 fully saturated rings. The lowest BCUT2D eigenvalue weighted by molar-refractivity contribution is -0.133. The molecule has 7 heteroatoms. The Kier molecular flexibility index (Phi) is 6.23. The molecule has 4 rings (SSSR count). The second-order valence-electron chi connectivity index (χ2n) is 8.32. The standard InChI is InChI=1S/C24H31N5O2/c1-17-15-23-25-18(2)22(19(3)29(23)26-17)9-10-24(30)28-13-11-27(12-14-28)16-20-5-7-21(31-4)8-6-20/h5-8,15H,9-14,16H2,1-4H3. The van der Waals surface area contributed by atoms with Crippen molar-refractivity contribution in [2.45, 2.75) is 40.2 Å². The highest BCUT2D eigenvalue weighted by atomic mass is 16.5. The van der Waals surface area contributed by atoms with Gasteiger partial charge in [0, 0.05) is 56.6 Å². The molecule has 31 heavy (non-hydrogen) atoms. The highest BCUT2D eigenvalue weighted by Gasteiger charge is 2.22. The van der Waals surface area contributed by atoms with E-state index in [2.05, 4.69) is 34.0 Å². The minimum atomic E-state index is 0.222. The van der Waals surface area contributed by atoms with Crippen LogP contribution in [0, 0.1) is 20.8 Å². The number of hydrogen-bond acceptors (Lipinski definition) is 5. The molecular weight excluding hydrogens is 390 g/mol. The first kappa shape index (κ1) is 21.3. The molecule has 0 bridgehead atoms. The molecule has 1 aliphatic heterocycles. The Morgan fingerprint density at radius 1 is 1.06 bits per heavy atom. The lowest BCUT2D eigenvalue weighted by atomic mass is 10.1. The Morgan fingerprint density at radius 2 is 1.77 bits per heavy atom. The summed E-state index contributed by atoms with van der Waals surface area (Å²) in [4.78, 5) is 21.9. The van der Waals surface area contributed by atoms with Gasteiger partial charge in [0.05, 0.1) is 12.8 Å². The average Bonchev–Trinajstić information content (AvgIpc) is 3.14. The van der Waals surface area contributed by atoms with Crippen molar-refractivity contribution in [2.24, 2.45) is 0 Å². The quantitative estimate of drug-likeness (QED) is 0.612. The molecule has 0 atom stereocenters. The molecule has 0 spiro atoms. The third-order valence-electron chi connectivity index (χ3n) is 6.17. The molecule has 2 aromatic heterocycles. The first-order valence-corrected chi connectivity index (χ1v) is 10.9. The van der Waals surface area contributed by atoms with Crippen molar-refractivity contribution in [3.8, 4) is 5.75 Å². The summed E-state index contributed by atoms with van der Waals surface area (Å²) in [5.74, 6) is 1.10. The van der Waals surface area contributed by atoms with E-state index in [4.69, 9.17) is 4.74 Å². The molecular formula is C24H31N5O2. The van der Waals surface area contributed by atoms with Crippen LogP contribution in [0.2, 0.25) is 0 Å². The number of rotatable bonds is 6. The number of methoxy groups -OCH3 is 1. The van der Waals surface area contributed by atoms with Gasteiger partial charge in [0.1, 0.15) is 5.75 Å². The Labute approximate surface area is 183 Å². The van der Waals surface area contributed by atoms with E-state index in [1.54, 1.807) is 7.11 Å². The van der Waals surface area contributed by atoms with Crippen LogP contribution in [0.5, 0.6) is 5.75 Å². The largest absolute Gasteiger partial charge is 0.497 e. The minimum absolute atomic E-state index is 0.222. The molecule has 1 amide bonds. The van der Waals surface area contributed by atoms with Crippen LogP contribution in [-0.4, -0.2) is 63.6 Å². The van der Waals surface area contributed by atoms with Crippen molar-refractivity contribution < 1.29 is 9.53 Å². The van der Waals surface area contributed by atoms with Gasteiger partial charge in [0.15, 0.2) is 5.65 Å². The monoisotopic (exact) mass is 421 g/mol. The van der Waals surface area contributed by atoms with Gasteiger partial charge in [-0.25, -0.2) is 9.50 Å². The van der Waals surface area contributed by atoms with Gasteiger partial charge in [0.2, 0.25) is 5.91 Å². The number of fused-ring (bicyclic) bond motifs is 1. The van der Waals surface area contributed by atoms with E-state index in [0.717, 1.165) is 66.8 Å². The smallest absolute Gasteiger partial charge is 0.222 e. The number of piperazine rings is 1. The lowest BCUT2D eigenvalue weighted by Gasteiger charge is -2.35. The van der Waals surface area contributed by atoms with E-state index in [0.29, 0.717) is 12.8 Å². The maximum atomic E-state index is 12.8. The molecule has 164 valence electrons. The zero-order valence-electron chi connectivity index (χ0n) is 18.9. The van der Waals surface area contributed by atoms with Crippen LogP contribution in [0.25, 0.3) is 5.65 Å². The first-order chi connectivity index (χ1) is 14.9. The van der Waals surface area contributed by atoms with Gasteiger partial charge < -0.3 is 9.64 Å². The van der Waals surface area contributed by atoms with Gasteiger partial charge in [-0.1, -0.05) is 12.1 Å². The van der Waals surface area contributed by atoms with Gasteiger partial charge in [-0.05, 0) is 50.5 Å². The molecule has 7 nitrogen and oxygen atoms in total. The number of ether oxygens (including phenoxy) is 1. The Bertz CT molecular complexity index is 1070. The molecule has 0 unspecified atom stereocenters. The molecule has 0 saturated carbocycles. The topological polar surface area (TPSA) is 63.0 Å². The van der Waals surface area contributed by atoms with Gasteiger partial charge in [-0.15, -0.1) is 0 Å². The van der Waals surface area contributed by atoms with E-state index >= 15 is 0 Å². The third kappa shape index (κ3) is 4.71. The molecule has 3 heterocycles. The summed E-state index contributed by atoms with van der Waals surface area (Å²) in [6.45, 7) is 10.3. The zero-order valence-corrected chi connectivity index (χ0v) is 18.9. The average molecular weight is 422 g/mol. The Balaban J connectivity index is 1.31. The lowest BCUT2D eigenvalue weighted by Crippen LogP contribution is -2.48. The fourth-order valence-electron chi connectivity index (χ4n) is 4.34. The second kappa shape index (κ2) is 9.06. The summed E-state index contributed by atoms with van der Waals surface area (Å²) in [5, 5.41) is 4.53. The summed E-state index contributed by atoms with van der Waals surface area (Å²) in [6, 6.07) is 10.2. The van der Waals surface area contributed by atoms with Crippen LogP contribution in [-0.2, 0) is 17.8 Å². The molecule has 0 aliphatic carbocycles. The van der Waals surface area contributed by atoms with Gasteiger partial charge in [-0.2, -0.15) is 5.10 Å². The third-order valence-corrected chi connectivity index (χ3v) is 6.17. The van der Waals surface area contributed by atoms with Crippen LogP contribution in [0.4, 0.5) is 0 Å². The number of aromatic nitrogens is 3. The van der Waals surface area contributed by atoms with E-state index < -0.39 is 0 Å². The normalized spacial score (nSPS) is 14.9. The minimum Gasteiger partial charge on any atom is -0.497 e. The number of carbonyl (C=O) groups is 1. The van der Waals surface area contributed by atoms with Crippen molar-refractivity contribution in [3.63, 3.8) is 0 Å². The van der Waals surface area contributed by atoms with Crippen molar-refractivity contribution in [2.75, 3.05) is 33.3 Å². The number of aryl methyl sites for hydroxylation is 3. The number of carbonyl (C=O) groups excluding carboxylic acids is 1. The van der Waals surface area contributed by atoms with Crippen LogP contribution in [0.3, 0.4) is 0 Å². The van der Waals surface area contributed by atoms with Gasteiger partial charge in [0.25, 0.3) is 0 Å². The molecule has 1 saturated heterocycles. The van der Waals surface area contributed by atoms with Crippen LogP contribution in [0.15, 0.2) is 30.3 Å². The molecule has 3 aromatic rings. The van der Waals surface area contributed by atoms with Crippen molar-refractivity contribution in [1.29, 1.82) is 0 Å². The van der Waals surface area contributed by atoms with E-state index in [-0.39, 0.29) is 5.91 Å². The maximum Gasteiger partial charge on any atom is 0.222 e. The van der Waals surface area contributed by atoms with Crippen LogP contribution >= 0.6 is 0 Å². The number of benzene rings is 1. The summed E-state index contributed by atoms with van der Waals surface area (Å²) in [7, 11) is 1.68. The number of hydrogen-bond donors (Lipinski definition) is 0. The van der Waals surface area contributed by atoms with Crippen LogP contribution < -0.4 is 4.74 Å². The first-order valence-electron chi connectivity index (χ1n) is 10.9. The van der Waals surface area contributed by atoms with Crippen molar-refractivity contribution in [1.82, 2.24) is 24.4 Å². The fraction of sp³-hybridized carbons (Fsp3) is 0.458. The highest BCUT2D eigenvalue weighted by Crippen LogP contribution is 2.18. The SMILES string of the molecule is COc1ccc(CN2CCN(C(=O)CCc3c(C)nc4cc(C)nn4c3C)CC2)cc1. The van der Waals surface area contributed by atoms with Gasteiger partial charge in [-0.3, -0.25) is 9.69 Å². The maximum absolute atomic E-state index is 12.8. The van der Waals surface area contributed by atoms with E-state index in [1.807, 2.05) is 41.5 Å². The fourth-order valence-corrected chi connectivity index (χ4v) is 4.34. The molecule has 0 N–H and O–H groups in total. The summed E-state index contributed by atoms with van der Waals surface area (Å²) in [6.07, 6.45) is 1.21. The van der Waals surface area contributed by atoms with E-state index in [9.17, 15) is 4.79 Å². The summed E-state index contributed by atoms with van der Waals surface area (Å²) < 4.78 is 7.11. The summed E-state index contributed by atoms with van der Waals surface area (Å²) >= 11 is 0. The number of amides is 1. The molecule has 1 aromatic carbocycles. The predicted molar refractivity (Wildman–Crippen MR) is 120 cm³/mol. The van der Waals surface area contributed by atoms with Gasteiger partial charge >= 0.3 is 0 Å². The Hall–Kier alpha value is -2.93. The summed E-state index contributed by atoms with van der Waals surface area (Å²) in [5.41, 5.74) is 6.28. The van der Waals surface area contributed by atoms with Crippen molar-refractivity contribution >= 4 is 11.6 Å². The highest BCUT2D eigenvalue weighted by molar-refractivity contribution is 5.76. The zero-order chi connectivity index (χ0) is 22.0. The number of nitrogens with zero attached hydrogens (tertiary/aromatic N) is 5. The van der Waals surface area contributed by atoms with Crippen molar-refractivity contribution in [3.05, 3.63) is 58.5 Å². The van der Waals surface area contributed by atoms with E-state index in [1.165, 1.54) is 5.56 Å². The Morgan fingerprint density at radius 3 is 2.45 bits per heavy atom. The molecule has 1 aliphatic rings.